The molecule has 0 amide bonds. The highest BCUT2D eigenvalue weighted by Crippen LogP contribution is 2.11. The molecule has 1 rings (SSSR count). The molecule has 116 valence electrons. The van der Waals surface area contributed by atoms with Crippen LogP contribution in [0.3, 0.4) is 0 Å². The summed E-state index contributed by atoms with van der Waals surface area (Å²) in [6.07, 6.45) is 5.28. The van der Waals surface area contributed by atoms with E-state index in [1.54, 1.807) is 18.2 Å². The van der Waals surface area contributed by atoms with E-state index in [0.29, 0.717) is 12.2 Å². The van der Waals surface area contributed by atoms with Crippen LogP contribution in [0.15, 0.2) is 59.3 Å². The van der Waals surface area contributed by atoms with Gasteiger partial charge in [0.25, 0.3) is 0 Å². The third-order valence-electron chi connectivity index (χ3n) is 2.62. The monoisotopic (exact) mass is 295 g/mol. The van der Waals surface area contributed by atoms with E-state index in [0.717, 1.165) is 22.4 Å². The molecule has 22 heavy (non-hydrogen) atoms. The zero-order chi connectivity index (χ0) is 17.0. The molecule has 3 heteroatoms. The number of hydrogen-bond acceptors (Lipinski definition) is 3. The van der Waals surface area contributed by atoms with E-state index in [-0.39, 0.29) is 0 Å². The van der Waals surface area contributed by atoms with Gasteiger partial charge in [0, 0.05) is 23.4 Å². The molecular weight excluding hydrogens is 270 g/mol. The van der Waals surface area contributed by atoms with Crippen LogP contribution in [-0.2, 0) is 0 Å². The summed E-state index contributed by atoms with van der Waals surface area (Å²) in [5.74, 6) is 6.19. The van der Waals surface area contributed by atoms with Crippen LogP contribution in [0.2, 0.25) is 0 Å². The van der Waals surface area contributed by atoms with Crippen LogP contribution in [0.25, 0.3) is 0 Å². The molecule has 0 spiro atoms. The fourth-order valence-electron chi connectivity index (χ4n) is 1.57. The van der Waals surface area contributed by atoms with Gasteiger partial charge in [0.05, 0.1) is 5.70 Å². The Balaban J connectivity index is 0.00000211. The van der Waals surface area contributed by atoms with Gasteiger partial charge in [0.1, 0.15) is 0 Å². The van der Waals surface area contributed by atoms with Crippen LogP contribution in [-0.4, -0.2) is 13.3 Å². The predicted octanol–water partition coefficient (Wildman–Crippen LogP) is 3.61. The van der Waals surface area contributed by atoms with Crippen molar-refractivity contribution >= 4 is 12.4 Å². The number of nitrogens with zero attached hydrogens (tertiary/aromatic N) is 1. The molecule has 0 unspecified atom stereocenters. The van der Waals surface area contributed by atoms with E-state index in [1.165, 1.54) is 0 Å². The Morgan fingerprint density at radius 1 is 1.36 bits per heavy atom. The Hall–Kier alpha value is -2.57. The summed E-state index contributed by atoms with van der Waals surface area (Å²) < 4.78 is 0. The van der Waals surface area contributed by atoms with Crippen LogP contribution in [0.4, 0.5) is 5.69 Å². The van der Waals surface area contributed by atoms with Gasteiger partial charge in [-0.15, -0.1) is 0 Å². The fraction of sp³-hybridized carbons (Fsp3) is 0.211. The third-order valence-corrected chi connectivity index (χ3v) is 2.62. The van der Waals surface area contributed by atoms with Gasteiger partial charge in [-0.3, -0.25) is 4.99 Å². The third kappa shape index (κ3) is 6.74. The van der Waals surface area contributed by atoms with Gasteiger partial charge in [-0.1, -0.05) is 38.3 Å². The summed E-state index contributed by atoms with van der Waals surface area (Å²) in [5.41, 5.74) is 15.4. The topological polar surface area (TPSA) is 64.4 Å². The van der Waals surface area contributed by atoms with Gasteiger partial charge >= 0.3 is 0 Å². The van der Waals surface area contributed by atoms with E-state index in [4.69, 9.17) is 11.5 Å². The van der Waals surface area contributed by atoms with E-state index in [9.17, 15) is 0 Å². The SMILES string of the molecule is C=C/C=C(C#Cc1ccc(N)cc1C)\C=C(/CN)N=C.CC. The summed E-state index contributed by atoms with van der Waals surface area (Å²) in [5, 5.41) is 0. The number of nitrogen functional groups attached to an aromatic ring is 1. The summed E-state index contributed by atoms with van der Waals surface area (Å²) in [7, 11) is 0. The van der Waals surface area contributed by atoms with Gasteiger partial charge in [-0.05, 0) is 49.6 Å². The Bertz CT molecular complexity index is 626. The minimum Gasteiger partial charge on any atom is -0.399 e. The van der Waals surface area contributed by atoms with Crippen molar-refractivity contribution in [3.05, 3.63) is 65.4 Å². The Labute approximate surface area is 134 Å². The molecule has 0 aliphatic heterocycles. The molecule has 1 aromatic rings. The average Bonchev–Trinajstić information content (AvgIpc) is 2.53. The summed E-state index contributed by atoms with van der Waals surface area (Å²) in [4.78, 5) is 3.84. The molecule has 0 heterocycles. The molecule has 0 atom stereocenters. The lowest BCUT2D eigenvalue weighted by Crippen LogP contribution is -2.00. The minimum atomic E-state index is 0.320. The van der Waals surface area contributed by atoms with Crippen molar-refractivity contribution in [1.29, 1.82) is 0 Å². The van der Waals surface area contributed by atoms with Crippen LogP contribution in [0.5, 0.6) is 0 Å². The number of anilines is 1. The van der Waals surface area contributed by atoms with Crippen molar-refractivity contribution in [1.82, 2.24) is 0 Å². The Morgan fingerprint density at radius 3 is 2.55 bits per heavy atom. The molecule has 0 saturated heterocycles. The number of aliphatic imine (C=N–C) groups is 1. The van der Waals surface area contributed by atoms with Crippen LogP contribution >= 0.6 is 0 Å². The zero-order valence-electron chi connectivity index (χ0n) is 13.7. The van der Waals surface area contributed by atoms with Crippen molar-refractivity contribution in [2.45, 2.75) is 20.8 Å². The quantitative estimate of drug-likeness (QED) is 0.386. The van der Waals surface area contributed by atoms with Crippen LogP contribution in [0.1, 0.15) is 25.0 Å². The molecule has 4 N–H and O–H groups in total. The normalized spacial score (nSPS) is 10.7. The zero-order valence-corrected chi connectivity index (χ0v) is 13.7. The number of aryl methyl sites for hydroxylation is 1. The first kappa shape index (κ1) is 19.4. The second-order valence-corrected chi connectivity index (χ2v) is 4.18. The first-order valence-electron chi connectivity index (χ1n) is 7.19. The molecule has 0 fully saturated rings. The maximum Gasteiger partial charge on any atom is 0.0544 e. The highest BCUT2D eigenvalue weighted by molar-refractivity contribution is 5.53. The molecular formula is C19H25N3. The molecule has 3 nitrogen and oxygen atoms in total. The lowest BCUT2D eigenvalue weighted by Gasteiger charge is -1.99. The van der Waals surface area contributed by atoms with E-state index >= 15 is 0 Å². The highest BCUT2D eigenvalue weighted by atomic mass is 14.8. The molecule has 0 saturated carbocycles. The first-order chi connectivity index (χ1) is 10.6. The smallest absolute Gasteiger partial charge is 0.0544 e. The predicted molar refractivity (Wildman–Crippen MR) is 98.8 cm³/mol. The van der Waals surface area contributed by atoms with Gasteiger partial charge in [-0.2, -0.15) is 0 Å². The maximum atomic E-state index is 5.72. The van der Waals surface area contributed by atoms with Gasteiger partial charge in [0.2, 0.25) is 0 Å². The van der Waals surface area contributed by atoms with Crippen molar-refractivity contribution < 1.29 is 0 Å². The van der Waals surface area contributed by atoms with Gasteiger partial charge in [-0.25, -0.2) is 0 Å². The van der Waals surface area contributed by atoms with Gasteiger partial charge < -0.3 is 11.5 Å². The number of nitrogens with two attached hydrogens (primary N) is 2. The fourth-order valence-corrected chi connectivity index (χ4v) is 1.57. The molecule has 0 bridgehead atoms. The maximum absolute atomic E-state index is 5.72. The molecule has 0 aliphatic carbocycles. The van der Waals surface area contributed by atoms with Crippen molar-refractivity contribution in [2.75, 3.05) is 12.3 Å². The molecule has 0 radical (unpaired) electrons. The second-order valence-electron chi connectivity index (χ2n) is 4.18. The number of benzene rings is 1. The second kappa shape index (κ2) is 11.1. The lowest BCUT2D eigenvalue weighted by molar-refractivity contribution is 1.11. The van der Waals surface area contributed by atoms with E-state index in [1.807, 2.05) is 39.0 Å². The molecule has 0 aromatic heterocycles. The molecule has 1 aromatic carbocycles. The van der Waals surface area contributed by atoms with Crippen molar-refractivity contribution in [3.63, 3.8) is 0 Å². The average molecular weight is 295 g/mol. The van der Waals surface area contributed by atoms with Crippen molar-refractivity contribution in [2.24, 2.45) is 10.7 Å². The standard InChI is InChI=1S/C17H19N3.C2H6/c1-4-5-14(11-17(12-18)20-3)6-7-15-8-9-16(19)10-13(15)2;1-2/h4-5,8-11H,1,3,12,18-19H2,2H3;1-2H3/b14-5-,17-11+;. The summed E-state index contributed by atoms with van der Waals surface area (Å²) >= 11 is 0. The molecule has 0 aliphatic rings. The summed E-state index contributed by atoms with van der Waals surface area (Å²) in [6.45, 7) is 13.4. The minimum absolute atomic E-state index is 0.320. The van der Waals surface area contributed by atoms with Gasteiger partial charge in [0.15, 0.2) is 0 Å². The number of allylic oxidation sites excluding steroid dienone is 4. The largest absolute Gasteiger partial charge is 0.399 e. The van der Waals surface area contributed by atoms with E-state index in [2.05, 4.69) is 30.1 Å². The number of rotatable bonds is 4. The first-order valence-corrected chi connectivity index (χ1v) is 7.19. The van der Waals surface area contributed by atoms with Crippen LogP contribution in [0, 0.1) is 18.8 Å². The number of hydrogen-bond donors (Lipinski definition) is 2. The highest BCUT2D eigenvalue weighted by Gasteiger charge is 1.95. The summed E-state index contributed by atoms with van der Waals surface area (Å²) in [6, 6.07) is 5.64. The van der Waals surface area contributed by atoms with Crippen molar-refractivity contribution in [3.8, 4) is 11.8 Å². The Kier molecular flexibility index (Phi) is 9.83. The Morgan fingerprint density at radius 2 is 2.05 bits per heavy atom. The van der Waals surface area contributed by atoms with Crippen LogP contribution < -0.4 is 11.5 Å². The lowest BCUT2D eigenvalue weighted by atomic mass is 10.1. The van der Waals surface area contributed by atoms with E-state index < -0.39 is 0 Å².